The number of halogens is 2. The summed E-state index contributed by atoms with van der Waals surface area (Å²) in [7, 11) is 1.59. The van der Waals surface area contributed by atoms with Crippen molar-refractivity contribution >= 4 is 34.8 Å². The number of carbonyl (C=O) groups excluding carboxylic acids is 1. The van der Waals surface area contributed by atoms with Crippen molar-refractivity contribution in [1.82, 2.24) is 4.98 Å². The Labute approximate surface area is 98.0 Å². The summed E-state index contributed by atoms with van der Waals surface area (Å²) in [5.74, 6) is -0.235. The summed E-state index contributed by atoms with van der Waals surface area (Å²) >= 11 is 11.6. The molecule has 0 saturated carbocycles. The SMILES string of the molecule is C[C@@H](N)C(=O)N(C)c1cnc(Cl)cc1Cl. The zero-order valence-electron chi connectivity index (χ0n) is 8.37. The third-order valence-corrected chi connectivity index (χ3v) is 2.39. The van der Waals surface area contributed by atoms with Gasteiger partial charge in [0.15, 0.2) is 0 Å². The van der Waals surface area contributed by atoms with Crippen LogP contribution in [0.4, 0.5) is 5.69 Å². The fourth-order valence-corrected chi connectivity index (χ4v) is 1.56. The van der Waals surface area contributed by atoms with Crippen LogP contribution in [0, 0.1) is 0 Å². The Morgan fingerprint density at radius 1 is 1.60 bits per heavy atom. The summed E-state index contributed by atoms with van der Waals surface area (Å²) in [6.07, 6.45) is 1.44. The maximum absolute atomic E-state index is 11.6. The van der Waals surface area contributed by atoms with Crippen LogP contribution in [0.25, 0.3) is 0 Å². The zero-order valence-corrected chi connectivity index (χ0v) is 9.88. The standard InChI is InChI=1S/C9H11Cl2N3O/c1-5(12)9(15)14(2)7-4-13-8(11)3-6(7)10/h3-5H,12H2,1-2H3/t5-/m1/s1. The van der Waals surface area contributed by atoms with Gasteiger partial charge in [0, 0.05) is 7.05 Å². The van der Waals surface area contributed by atoms with Gasteiger partial charge in [-0.1, -0.05) is 23.2 Å². The molecule has 4 nitrogen and oxygen atoms in total. The number of amides is 1. The molecule has 82 valence electrons. The molecule has 1 aromatic rings. The lowest BCUT2D eigenvalue weighted by atomic mass is 10.3. The van der Waals surface area contributed by atoms with Crippen molar-refractivity contribution in [2.75, 3.05) is 11.9 Å². The largest absolute Gasteiger partial charge is 0.320 e. The molecule has 0 radical (unpaired) electrons. The molecular weight excluding hydrogens is 237 g/mol. The van der Waals surface area contributed by atoms with Gasteiger partial charge in [0.25, 0.3) is 0 Å². The van der Waals surface area contributed by atoms with E-state index in [4.69, 9.17) is 28.9 Å². The molecule has 2 N–H and O–H groups in total. The molecule has 0 aliphatic carbocycles. The lowest BCUT2D eigenvalue weighted by Gasteiger charge is -2.20. The third kappa shape index (κ3) is 2.81. The van der Waals surface area contributed by atoms with E-state index in [0.29, 0.717) is 10.7 Å². The van der Waals surface area contributed by atoms with Crippen LogP contribution in [-0.2, 0) is 4.79 Å². The van der Waals surface area contributed by atoms with Crippen LogP contribution in [0.15, 0.2) is 12.3 Å². The molecular formula is C9H11Cl2N3O. The molecule has 0 aromatic carbocycles. The van der Waals surface area contributed by atoms with E-state index in [0.717, 1.165) is 0 Å². The van der Waals surface area contributed by atoms with E-state index < -0.39 is 6.04 Å². The predicted octanol–water partition coefficient (Wildman–Crippen LogP) is 1.70. The van der Waals surface area contributed by atoms with Gasteiger partial charge in [-0.25, -0.2) is 4.98 Å². The average Bonchev–Trinajstić information content (AvgIpc) is 2.15. The minimum atomic E-state index is -0.582. The minimum absolute atomic E-state index is 0.235. The predicted molar refractivity (Wildman–Crippen MR) is 61.3 cm³/mol. The number of nitrogens with two attached hydrogens (primary N) is 1. The molecule has 1 aromatic heterocycles. The number of hydrogen-bond donors (Lipinski definition) is 1. The quantitative estimate of drug-likeness (QED) is 0.810. The molecule has 0 saturated heterocycles. The first kappa shape index (κ1) is 12.2. The molecule has 0 fully saturated rings. The van der Waals surface area contributed by atoms with E-state index in [9.17, 15) is 4.79 Å². The summed E-state index contributed by atoms with van der Waals surface area (Å²) in [6, 6.07) is 0.894. The number of carbonyl (C=O) groups is 1. The highest BCUT2D eigenvalue weighted by atomic mass is 35.5. The van der Waals surface area contributed by atoms with Crippen molar-refractivity contribution in [2.45, 2.75) is 13.0 Å². The Morgan fingerprint density at radius 2 is 2.20 bits per heavy atom. The highest BCUT2D eigenvalue weighted by molar-refractivity contribution is 6.36. The third-order valence-electron chi connectivity index (χ3n) is 1.88. The van der Waals surface area contributed by atoms with Crippen LogP contribution in [0.5, 0.6) is 0 Å². The Morgan fingerprint density at radius 3 is 2.67 bits per heavy atom. The molecule has 0 aliphatic heterocycles. The van der Waals surface area contributed by atoms with Gasteiger partial charge in [-0.05, 0) is 13.0 Å². The molecule has 1 atom stereocenters. The highest BCUT2D eigenvalue weighted by Crippen LogP contribution is 2.26. The zero-order chi connectivity index (χ0) is 11.6. The van der Waals surface area contributed by atoms with Gasteiger partial charge in [0.2, 0.25) is 5.91 Å². The molecule has 0 spiro atoms. The first-order valence-electron chi connectivity index (χ1n) is 4.27. The van der Waals surface area contributed by atoms with E-state index in [1.54, 1.807) is 14.0 Å². The van der Waals surface area contributed by atoms with Gasteiger partial charge in [-0.3, -0.25) is 4.79 Å². The average molecular weight is 248 g/mol. The summed E-state index contributed by atoms with van der Waals surface area (Å²) < 4.78 is 0. The lowest BCUT2D eigenvalue weighted by molar-refractivity contribution is -0.119. The van der Waals surface area contributed by atoms with Crippen molar-refractivity contribution in [1.29, 1.82) is 0 Å². The maximum atomic E-state index is 11.6. The summed E-state index contributed by atoms with van der Waals surface area (Å²) in [6.45, 7) is 1.61. The minimum Gasteiger partial charge on any atom is -0.320 e. The molecule has 1 heterocycles. The molecule has 0 aliphatic rings. The number of anilines is 1. The maximum Gasteiger partial charge on any atom is 0.243 e. The van der Waals surface area contributed by atoms with E-state index in [1.807, 2.05) is 0 Å². The molecule has 0 bridgehead atoms. The van der Waals surface area contributed by atoms with Crippen LogP contribution in [0.2, 0.25) is 10.2 Å². The first-order valence-corrected chi connectivity index (χ1v) is 5.03. The smallest absolute Gasteiger partial charge is 0.243 e. The van der Waals surface area contributed by atoms with E-state index in [2.05, 4.69) is 4.98 Å². The summed E-state index contributed by atoms with van der Waals surface area (Å²) in [4.78, 5) is 16.8. The summed E-state index contributed by atoms with van der Waals surface area (Å²) in [5, 5.41) is 0.650. The Bertz CT molecular complexity index is 382. The second-order valence-corrected chi connectivity index (χ2v) is 3.94. The second-order valence-electron chi connectivity index (χ2n) is 3.14. The van der Waals surface area contributed by atoms with E-state index in [1.165, 1.54) is 17.2 Å². The van der Waals surface area contributed by atoms with Crippen molar-refractivity contribution in [2.24, 2.45) is 5.73 Å². The molecule has 6 heteroatoms. The van der Waals surface area contributed by atoms with E-state index in [-0.39, 0.29) is 11.1 Å². The number of nitrogens with zero attached hydrogens (tertiary/aromatic N) is 2. The molecule has 1 amide bonds. The van der Waals surface area contributed by atoms with Gasteiger partial charge in [0.1, 0.15) is 5.15 Å². The molecule has 1 rings (SSSR count). The Hall–Kier alpha value is -0.840. The monoisotopic (exact) mass is 247 g/mol. The van der Waals surface area contributed by atoms with Gasteiger partial charge >= 0.3 is 0 Å². The highest BCUT2D eigenvalue weighted by Gasteiger charge is 2.17. The number of likely N-dealkylation sites (N-methyl/N-ethyl adjacent to an activating group) is 1. The number of pyridine rings is 1. The van der Waals surface area contributed by atoms with Gasteiger partial charge in [-0.2, -0.15) is 0 Å². The second kappa shape index (κ2) is 4.79. The van der Waals surface area contributed by atoms with Crippen LogP contribution < -0.4 is 10.6 Å². The van der Waals surface area contributed by atoms with Gasteiger partial charge < -0.3 is 10.6 Å². The molecule has 0 unspecified atom stereocenters. The van der Waals surface area contributed by atoms with Crippen LogP contribution in [-0.4, -0.2) is 24.0 Å². The van der Waals surface area contributed by atoms with Gasteiger partial charge in [-0.15, -0.1) is 0 Å². The van der Waals surface area contributed by atoms with Gasteiger partial charge in [0.05, 0.1) is 22.9 Å². The van der Waals surface area contributed by atoms with Crippen LogP contribution >= 0.6 is 23.2 Å². The Kier molecular flexibility index (Phi) is 3.90. The fourth-order valence-electron chi connectivity index (χ4n) is 1.07. The summed E-state index contributed by atoms with van der Waals surface area (Å²) in [5.41, 5.74) is 5.96. The first-order chi connectivity index (χ1) is 6.93. The fraction of sp³-hybridized carbons (Fsp3) is 0.333. The van der Waals surface area contributed by atoms with Crippen molar-refractivity contribution in [3.05, 3.63) is 22.4 Å². The number of rotatable bonds is 2. The Balaban J connectivity index is 3.01. The van der Waals surface area contributed by atoms with Crippen molar-refractivity contribution in [3.63, 3.8) is 0 Å². The van der Waals surface area contributed by atoms with Crippen molar-refractivity contribution in [3.8, 4) is 0 Å². The topological polar surface area (TPSA) is 59.2 Å². The number of hydrogen-bond acceptors (Lipinski definition) is 3. The van der Waals surface area contributed by atoms with Crippen LogP contribution in [0.3, 0.4) is 0 Å². The number of aromatic nitrogens is 1. The normalized spacial score (nSPS) is 12.3. The molecule has 15 heavy (non-hydrogen) atoms. The van der Waals surface area contributed by atoms with Crippen LogP contribution in [0.1, 0.15) is 6.92 Å². The lowest BCUT2D eigenvalue weighted by Crippen LogP contribution is -2.39. The van der Waals surface area contributed by atoms with Crippen molar-refractivity contribution < 1.29 is 4.79 Å². The van der Waals surface area contributed by atoms with E-state index >= 15 is 0 Å².